The number of unbranched alkanes of at least 4 members (excludes halogenated alkanes) is 2. The van der Waals surface area contributed by atoms with Crippen LogP contribution in [0, 0.1) is 11.6 Å². The van der Waals surface area contributed by atoms with Gasteiger partial charge in [0.1, 0.15) is 11.6 Å². The number of benzene rings is 1. The number of rotatable bonds is 6. The first kappa shape index (κ1) is 14.2. The molecule has 6 heteroatoms. The second-order valence-electron chi connectivity index (χ2n) is 4.07. The molecule has 0 aliphatic heterocycles. The predicted molar refractivity (Wildman–Crippen MR) is 61.1 cm³/mol. The van der Waals surface area contributed by atoms with Crippen molar-refractivity contribution in [1.29, 1.82) is 0 Å². The van der Waals surface area contributed by atoms with E-state index in [0.717, 1.165) is 6.07 Å². The molecule has 96 valence electrons. The van der Waals surface area contributed by atoms with Gasteiger partial charge in [-0.25, -0.2) is 8.78 Å². The number of aryl methyl sites for hydroxylation is 1. The van der Waals surface area contributed by atoms with E-state index in [1.54, 1.807) is 0 Å². The lowest BCUT2D eigenvalue weighted by molar-refractivity contribution is 0.226. The first-order chi connectivity index (χ1) is 7.88. The quantitative estimate of drug-likeness (QED) is 0.539. The highest BCUT2D eigenvalue weighted by atomic mass is 28.4. The molecule has 0 aliphatic rings. The molecule has 0 spiro atoms. The molecule has 0 unspecified atom stereocenters. The summed E-state index contributed by atoms with van der Waals surface area (Å²) < 4.78 is 25.8. The minimum Gasteiger partial charge on any atom is -0.390 e. The van der Waals surface area contributed by atoms with Gasteiger partial charge in [-0.15, -0.1) is 0 Å². The molecule has 0 aliphatic carbocycles. The molecule has 1 aromatic carbocycles. The predicted octanol–water partition coefficient (Wildman–Crippen LogP) is 1.59. The molecule has 0 saturated heterocycles. The van der Waals surface area contributed by atoms with Crippen molar-refractivity contribution in [1.82, 2.24) is 0 Å². The summed E-state index contributed by atoms with van der Waals surface area (Å²) >= 11 is 0. The van der Waals surface area contributed by atoms with E-state index in [1.807, 2.05) is 0 Å². The molecular formula is C11H16F2O3Si. The van der Waals surface area contributed by atoms with Crippen LogP contribution in [0.3, 0.4) is 0 Å². The van der Waals surface area contributed by atoms with Crippen LogP contribution in [0.2, 0.25) is 6.04 Å². The zero-order valence-electron chi connectivity index (χ0n) is 9.37. The lowest BCUT2D eigenvalue weighted by Gasteiger charge is -2.08. The van der Waals surface area contributed by atoms with Gasteiger partial charge >= 0.3 is 8.80 Å². The summed E-state index contributed by atoms with van der Waals surface area (Å²) in [5.41, 5.74) is 0.451. The van der Waals surface area contributed by atoms with Gasteiger partial charge in [0, 0.05) is 12.1 Å². The number of halogens is 2. The van der Waals surface area contributed by atoms with Gasteiger partial charge in [0.15, 0.2) is 0 Å². The van der Waals surface area contributed by atoms with Crippen molar-refractivity contribution >= 4 is 8.80 Å². The van der Waals surface area contributed by atoms with E-state index in [-0.39, 0.29) is 6.04 Å². The average molecular weight is 262 g/mol. The van der Waals surface area contributed by atoms with Gasteiger partial charge in [0.2, 0.25) is 0 Å². The summed E-state index contributed by atoms with van der Waals surface area (Å²) in [5, 5.41) is 0. The highest BCUT2D eigenvalue weighted by Crippen LogP contribution is 2.14. The SMILES string of the molecule is O[Si](O)(O)CCCCCc1ccc(F)cc1F. The van der Waals surface area contributed by atoms with Crippen molar-refractivity contribution < 1.29 is 23.2 Å². The van der Waals surface area contributed by atoms with Crippen molar-refractivity contribution in [3.05, 3.63) is 35.4 Å². The Balaban J connectivity index is 2.27. The lowest BCUT2D eigenvalue weighted by Crippen LogP contribution is -2.33. The number of hydrogen-bond acceptors (Lipinski definition) is 3. The second-order valence-corrected chi connectivity index (χ2v) is 6.12. The molecule has 0 atom stereocenters. The normalized spacial score (nSPS) is 11.8. The van der Waals surface area contributed by atoms with Crippen LogP contribution in [0.4, 0.5) is 8.78 Å². The molecule has 3 nitrogen and oxygen atoms in total. The van der Waals surface area contributed by atoms with Crippen LogP contribution >= 0.6 is 0 Å². The Morgan fingerprint density at radius 3 is 2.29 bits per heavy atom. The minimum absolute atomic E-state index is 0.00109. The molecular weight excluding hydrogens is 246 g/mol. The number of hydrogen-bond donors (Lipinski definition) is 3. The van der Waals surface area contributed by atoms with E-state index in [2.05, 4.69) is 0 Å². The van der Waals surface area contributed by atoms with Crippen LogP contribution < -0.4 is 0 Å². The maximum Gasteiger partial charge on any atom is 0.492 e. The van der Waals surface area contributed by atoms with Crippen molar-refractivity contribution in [3.63, 3.8) is 0 Å². The van der Waals surface area contributed by atoms with Gasteiger partial charge in [-0.1, -0.05) is 12.5 Å². The van der Waals surface area contributed by atoms with E-state index >= 15 is 0 Å². The van der Waals surface area contributed by atoms with Gasteiger partial charge in [-0.05, 0) is 30.9 Å². The smallest absolute Gasteiger partial charge is 0.390 e. The molecule has 0 radical (unpaired) electrons. The Kier molecular flexibility index (Phi) is 5.19. The fourth-order valence-electron chi connectivity index (χ4n) is 1.58. The fourth-order valence-corrected chi connectivity index (χ4v) is 2.30. The van der Waals surface area contributed by atoms with E-state index in [0.29, 0.717) is 31.2 Å². The zero-order chi connectivity index (χ0) is 12.9. The third-order valence-corrected chi connectivity index (χ3v) is 3.50. The highest BCUT2D eigenvalue weighted by Gasteiger charge is 2.25. The second kappa shape index (κ2) is 6.20. The van der Waals surface area contributed by atoms with Gasteiger partial charge in [0.25, 0.3) is 0 Å². The van der Waals surface area contributed by atoms with E-state index in [1.165, 1.54) is 12.1 Å². The Labute approximate surface area is 99.7 Å². The van der Waals surface area contributed by atoms with Crippen LogP contribution in [0.5, 0.6) is 0 Å². The summed E-state index contributed by atoms with van der Waals surface area (Å²) in [6, 6.07) is 3.47. The molecule has 1 aromatic rings. The van der Waals surface area contributed by atoms with Crippen molar-refractivity contribution in [2.24, 2.45) is 0 Å². The largest absolute Gasteiger partial charge is 0.492 e. The summed E-state index contributed by atoms with van der Waals surface area (Å²) in [6.07, 6.45) is 2.28. The van der Waals surface area contributed by atoms with Crippen LogP contribution in [-0.2, 0) is 6.42 Å². The van der Waals surface area contributed by atoms with Gasteiger partial charge in [-0.3, -0.25) is 0 Å². The molecule has 0 heterocycles. The molecule has 0 fully saturated rings. The van der Waals surface area contributed by atoms with E-state index in [9.17, 15) is 8.78 Å². The van der Waals surface area contributed by atoms with Crippen molar-refractivity contribution in [2.45, 2.75) is 31.7 Å². The maximum atomic E-state index is 13.2. The van der Waals surface area contributed by atoms with Crippen LogP contribution in [-0.4, -0.2) is 23.2 Å². The van der Waals surface area contributed by atoms with Crippen molar-refractivity contribution in [2.75, 3.05) is 0 Å². The Morgan fingerprint density at radius 2 is 1.71 bits per heavy atom. The van der Waals surface area contributed by atoms with Crippen molar-refractivity contribution in [3.8, 4) is 0 Å². The molecule has 0 bridgehead atoms. The Hall–Kier alpha value is -0.823. The van der Waals surface area contributed by atoms with Gasteiger partial charge in [0.05, 0.1) is 0 Å². The van der Waals surface area contributed by atoms with Crippen LogP contribution in [0.15, 0.2) is 18.2 Å². The average Bonchev–Trinajstić information content (AvgIpc) is 2.18. The molecule has 0 saturated carbocycles. The molecule has 3 N–H and O–H groups in total. The third kappa shape index (κ3) is 5.88. The van der Waals surface area contributed by atoms with E-state index < -0.39 is 20.4 Å². The highest BCUT2D eigenvalue weighted by molar-refractivity contribution is 6.56. The third-order valence-electron chi connectivity index (χ3n) is 2.47. The Bertz CT molecular complexity index is 366. The maximum absolute atomic E-state index is 13.2. The van der Waals surface area contributed by atoms with Gasteiger partial charge < -0.3 is 14.4 Å². The minimum atomic E-state index is -3.93. The topological polar surface area (TPSA) is 60.7 Å². The summed E-state index contributed by atoms with van der Waals surface area (Å²) in [5.74, 6) is -1.15. The van der Waals surface area contributed by atoms with Gasteiger partial charge in [-0.2, -0.15) is 0 Å². The first-order valence-corrected chi connectivity index (χ1v) is 7.54. The fraction of sp³-hybridized carbons (Fsp3) is 0.455. The summed E-state index contributed by atoms with van der Waals surface area (Å²) in [6.45, 7) is 0. The Morgan fingerprint density at radius 1 is 1.00 bits per heavy atom. The summed E-state index contributed by atoms with van der Waals surface area (Å²) in [4.78, 5) is 26.3. The standard InChI is InChI=1S/C11H16F2O3Si/c12-10-6-5-9(11(13)8-10)4-2-1-3-7-17(14,15)16/h5-6,8,14-16H,1-4,7H2. The monoisotopic (exact) mass is 262 g/mol. The van der Waals surface area contributed by atoms with Crippen LogP contribution in [0.25, 0.3) is 0 Å². The zero-order valence-corrected chi connectivity index (χ0v) is 10.4. The lowest BCUT2D eigenvalue weighted by atomic mass is 10.1. The summed E-state index contributed by atoms with van der Waals surface area (Å²) in [7, 11) is -3.93. The molecule has 17 heavy (non-hydrogen) atoms. The molecule has 0 aromatic heterocycles. The molecule has 1 rings (SSSR count). The molecule has 0 amide bonds. The first-order valence-electron chi connectivity index (χ1n) is 5.49. The van der Waals surface area contributed by atoms with E-state index in [4.69, 9.17) is 14.4 Å². The van der Waals surface area contributed by atoms with Crippen LogP contribution in [0.1, 0.15) is 24.8 Å².